The van der Waals surface area contributed by atoms with E-state index in [4.69, 9.17) is 0 Å². The molecule has 0 radical (unpaired) electrons. The summed E-state index contributed by atoms with van der Waals surface area (Å²) in [5, 5.41) is 5.87. The van der Waals surface area contributed by atoms with Crippen molar-refractivity contribution in [3.63, 3.8) is 0 Å². The van der Waals surface area contributed by atoms with Crippen molar-refractivity contribution < 1.29 is 18.3 Å². The number of amides is 1. The lowest BCUT2D eigenvalue weighted by Crippen LogP contribution is -2.19. The minimum absolute atomic E-state index is 0.0140. The molecule has 112 valence electrons. The smallest absolute Gasteiger partial charge is 0.261 e. The Morgan fingerprint density at radius 1 is 1.35 bits per heavy atom. The maximum Gasteiger partial charge on any atom is 0.261 e. The predicted molar refractivity (Wildman–Crippen MR) is 74.0 cm³/mol. The van der Waals surface area contributed by atoms with E-state index in [0.717, 1.165) is 5.56 Å². The normalized spacial score (nSPS) is 12.4. The summed E-state index contributed by atoms with van der Waals surface area (Å²) in [6.45, 7) is 1.33. The third kappa shape index (κ3) is 5.63. The average Bonchev–Trinajstić information content (AvgIpc) is 2.43. The van der Waals surface area contributed by atoms with Gasteiger partial charge in [-0.3, -0.25) is 4.79 Å². The van der Waals surface area contributed by atoms with E-state index >= 15 is 0 Å². The molecule has 0 heterocycles. The number of carbonyl (C=O) groups is 1. The van der Waals surface area contributed by atoms with Crippen molar-refractivity contribution >= 4 is 11.6 Å². The van der Waals surface area contributed by atoms with Gasteiger partial charge in [-0.05, 0) is 25.6 Å². The Kier molecular flexibility index (Phi) is 7.11. The summed E-state index contributed by atoms with van der Waals surface area (Å²) in [4.78, 5) is 11.7. The molecule has 0 bridgehead atoms. The standard InChI is InChI=1S/C14H20F2N2O2/c1-10(17-2)11-5-3-4-6-12(11)18-14(19)7-8-20-9-13(15)16/h3-6,10,13,17H,7-9H2,1-2H3,(H,18,19). The van der Waals surface area contributed by atoms with Crippen LogP contribution in [0.3, 0.4) is 0 Å². The fourth-order valence-corrected chi connectivity index (χ4v) is 1.69. The molecule has 0 aliphatic rings. The molecule has 0 aliphatic carbocycles. The van der Waals surface area contributed by atoms with Crippen molar-refractivity contribution in [2.75, 3.05) is 25.6 Å². The van der Waals surface area contributed by atoms with E-state index in [2.05, 4.69) is 15.4 Å². The number of ether oxygens (including phenoxy) is 1. The Morgan fingerprint density at radius 2 is 2.05 bits per heavy atom. The van der Waals surface area contributed by atoms with Gasteiger partial charge in [0.2, 0.25) is 5.91 Å². The average molecular weight is 286 g/mol. The maximum atomic E-state index is 11.9. The van der Waals surface area contributed by atoms with Crippen LogP contribution in [-0.2, 0) is 9.53 Å². The first-order valence-corrected chi connectivity index (χ1v) is 6.46. The second-order valence-electron chi connectivity index (χ2n) is 4.36. The first-order chi connectivity index (χ1) is 9.54. The number of halogens is 2. The van der Waals surface area contributed by atoms with Crippen LogP contribution in [0.2, 0.25) is 0 Å². The summed E-state index contributed by atoms with van der Waals surface area (Å²) in [7, 11) is 1.83. The molecule has 0 saturated heterocycles. The molecule has 1 aromatic carbocycles. The lowest BCUT2D eigenvalue weighted by atomic mass is 10.1. The van der Waals surface area contributed by atoms with E-state index in [-0.39, 0.29) is 25.0 Å². The lowest BCUT2D eigenvalue weighted by Gasteiger charge is -2.16. The highest BCUT2D eigenvalue weighted by molar-refractivity contribution is 5.91. The highest BCUT2D eigenvalue weighted by atomic mass is 19.3. The van der Waals surface area contributed by atoms with Gasteiger partial charge in [-0.2, -0.15) is 0 Å². The molecule has 0 fully saturated rings. The van der Waals surface area contributed by atoms with Gasteiger partial charge in [0, 0.05) is 11.7 Å². The molecule has 20 heavy (non-hydrogen) atoms. The van der Waals surface area contributed by atoms with Crippen LogP contribution in [0.1, 0.15) is 24.9 Å². The van der Waals surface area contributed by atoms with Crippen LogP contribution < -0.4 is 10.6 Å². The molecule has 1 atom stereocenters. The zero-order valence-electron chi connectivity index (χ0n) is 11.7. The van der Waals surface area contributed by atoms with Crippen molar-refractivity contribution in [3.05, 3.63) is 29.8 Å². The molecule has 0 aromatic heterocycles. The van der Waals surface area contributed by atoms with Gasteiger partial charge in [0.05, 0.1) is 13.0 Å². The third-order valence-electron chi connectivity index (χ3n) is 2.85. The van der Waals surface area contributed by atoms with E-state index in [0.29, 0.717) is 5.69 Å². The van der Waals surface area contributed by atoms with Crippen LogP contribution in [0.4, 0.5) is 14.5 Å². The second kappa shape index (κ2) is 8.60. The molecule has 4 nitrogen and oxygen atoms in total. The van der Waals surface area contributed by atoms with Gasteiger partial charge in [0.15, 0.2) is 0 Å². The Labute approximate surface area is 117 Å². The van der Waals surface area contributed by atoms with Gasteiger partial charge >= 0.3 is 0 Å². The summed E-state index contributed by atoms with van der Waals surface area (Å²) in [6, 6.07) is 7.55. The molecule has 1 amide bonds. The molecular weight excluding hydrogens is 266 g/mol. The number of alkyl halides is 2. The van der Waals surface area contributed by atoms with E-state index in [1.54, 1.807) is 6.07 Å². The maximum absolute atomic E-state index is 11.9. The first kappa shape index (κ1) is 16.5. The van der Waals surface area contributed by atoms with E-state index in [1.807, 2.05) is 32.2 Å². The molecule has 0 spiro atoms. The van der Waals surface area contributed by atoms with Gasteiger partial charge in [0.25, 0.3) is 6.43 Å². The summed E-state index contributed by atoms with van der Waals surface area (Å²) in [5.74, 6) is -0.255. The van der Waals surface area contributed by atoms with Gasteiger partial charge in [0.1, 0.15) is 6.61 Å². The van der Waals surface area contributed by atoms with Crippen LogP contribution in [0.5, 0.6) is 0 Å². The summed E-state index contributed by atoms with van der Waals surface area (Å²) >= 11 is 0. The van der Waals surface area contributed by atoms with Crippen molar-refractivity contribution in [2.24, 2.45) is 0 Å². The molecule has 0 saturated carbocycles. The van der Waals surface area contributed by atoms with Crippen LogP contribution in [0.25, 0.3) is 0 Å². The fourth-order valence-electron chi connectivity index (χ4n) is 1.69. The Balaban J connectivity index is 2.49. The van der Waals surface area contributed by atoms with Gasteiger partial charge in [-0.25, -0.2) is 8.78 Å². The zero-order chi connectivity index (χ0) is 15.0. The molecule has 1 aromatic rings. The summed E-state index contributed by atoms with van der Waals surface area (Å²) in [6.07, 6.45) is -2.45. The molecule has 1 rings (SSSR count). The Morgan fingerprint density at radius 3 is 2.70 bits per heavy atom. The van der Waals surface area contributed by atoms with Crippen molar-refractivity contribution in [1.82, 2.24) is 5.32 Å². The van der Waals surface area contributed by atoms with Crippen LogP contribution >= 0.6 is 0 Å². The number of para-hydroxylation sites is 1. The molecular formula is C14H20F2N2O2. The van der Waals surface area contributed by atoms with E-state index in [9.17, 15) is 13.6 Å². The van der Waals surface area contributed by atoms with E-state index < -0.39 is 13.0 Å². The second-order valence-corrected chi connectivity index (χ2v) is 4.36. The third-order valence-corrected chi connectivity index (χ3v) is 2.85. The monoisotopic (exact) mass is 286 g/mol. The van der Waals surface area contributed by atoms with Gasteiger partial charge in [-0.15, -0.1) is 0 Å². The summed E-state index contributed by atoms with van der Waals surface area (Å²) < 4.78 is 28.4. The number of hydrogen-bond acceptors (Lipinski definition) is 3. The minimum atomic E-state index is -2.50. The minimum Gasteiger partial charge on any atom is -0.375 e. The molecule has 2 N–H and O–H groups in total. The highest BCUT2D eigenvalue weighted by Crippen LogP contribution is 2.22. The van der Waals surface area contributed by atoms with Crippen molar-refractivity contribution in [1.29, 1.82) is 0 Å². The van der Waals surface area contributed by atoms with Gasteiger partial charge < -0.3 is 15.4 Å². The van der Waals surface area contributed by atoms with Crippen LogP contribution in [0, 0.1) is 0 Å². The Hall–Kier alpha value is -1.53. The number of nitrogens with one attached hydrogen (secondary N) is 2. The first-order valence-electron chi connectivity index (χ1n) is 6.46. The SMILES string of the molecule is CNC(C)c1ccccc1NC(=O)CCOCC(F)F. The topological polar surface area (TPSA) is 50.4 Å². The zero-order valence-corrected chi connectivity index (χ0v) is 11.7. The number of benzene rings is 1. The number of carbonyl (C=O) groups excluding carboxylic acids is 1. The molecule has 1 unspecified atom stereocenters. The summed E-state index contributed by atoms with van der Waals surface area (Å²) in [5.41, 5.74) is 1.69. The molecule has 0 aliphatic heterocycles. The quantitative estimate of drug-likeness (QED) is 0.722. The number of hydrogen-bond donors (Lipinski definition) is 2. The predicted octanol–water partition coefficient (Wildman–Crippen LogP) is 2.58. The van der Waals surface area contributed by atoms with Gasteiger partial charge in [-0.1, -0.05) is 18.2 Å². The fraction of sp³-hybridized carbons (Fsp3) is 0.500. The number of anilines is 1. The lowest BCUT2D eigenvalue weighted by molar-refractivity contribution is -0.117. The Bertz CT molecular complexity index is 427. The van der Waals surface area contributed by atoms with Crippen LogP contribution in [0.15, 0.2) is 24.3 Å². The molecule has 6 heteroatoms. The van der Waals surface area contributed by atoms with Crippen molar-refractivity contribution in [2.45, 2.75) is 25.8 Å². The van der Waals surface area contributed by atoms with Crippen LogP contribution in [-0.4, -0.2) is 32.6 Å². The van der Waals surface area contributed by atoms with E-state index in [1.165, 1.54) is 0 Å². The number of rotatable bonds is 8. The van der Waals surface area contributed by atoms with Crippen molar-refractivity contribution in [3.8, 4) is 0 Å². The largest absolute Gasteiger partial charge is 0.375 e. The highest BCUT2D eigenvalue weighted by Gasteiger charge is 2.11.